The molecule has 1 aromatic heterocycles. The molecule has 0 amide bonds. The Hall–Kier alpha value is -3.71. The van der Waals surface area contributed by atoms with Gasteiger partial charge in [-0.1, -0.05) is 103 Å². The SMILES string of the molecule is Cc1ccc(-c2nc3c4ccccc4ccc3c3c2ccc2ccccc23)cc1. The van der Waals surface area contributed by atoms with Crippen molar-refractivity contribution in [2.24, 2.45) is 0 Å². The molecule has 0 saturated carbocycles. The molecule has 1 nitrogen and oxygen atoms in total. The molecule has 6 rings (SSSR count). The van der Waals surface area contributed by atoms with Gasteiger partial charge in [-0.15, -0.1) is 0 Å². The summed E-state index contributed by atoms with van der Waals surface area (Å²) in [6, 6.07) is 34.8. The number of fused-ring (bicyclic) bond motifs is 7. The van der Waals surface area contributed by atoms with Crippen LogP contribution in [0.15, 0.2) is 97.1 Å². The minimum atomic E-state index is 1.05. The molecule has 0 bridgehead atoms. The zero-order chi connectivity index (χ0) is 19.4. The van der Waals surface area contributed by atoms with Gasteiger partial charge in [-0.3, -0.25) is 0 Å². The van der Waals surface area contributed by atoms with Gasteiger partial charge in [-0.2, -0.15) is 0 Å². The average Bonchev–Trinajstić information content (AvgIpc) is 2.78. The Morgan fingerprint density at radius 2 is 1.14 bits per heavy atom. The highest BCUT2D eigenvalue weighted by molar-refractivity contribution is 6.25. The Balaban J connectivity index is 1.89. The topological polar surface area (TPSA) is 12.9 Å². The summed E-state index contributed by atoms with van der Waals surface area (Å²) in [6.07, 6.45) is 0. The number of pyridine rings is 1. The van der Waals surface area contributed by atoms with E-state index in [1.807, 2.05) is 0 Å². The van der Waals surface area contributed by atoms with Crippen LogP contribution in [0.4, 0.5) is 0 Å². The van der Waals surface area contributed by atoms with Crippen molar-refractivity contribution < 1.29 is 0 Å². The number of hydrogen-bond donors (Lipinski definition) is 0. The van der Waals surface area contributed by atoms with Gasteiger partial charge < -0.3 is 0 Å². The summed E-state index contributed by atoms with van der Waals surface area (Å²) in [5.41, 5.74) is 4.54. The van der Waals surface area contributed by atoms with Gasteiger partial charge in [0.1, 0.15) is 0 Å². The fourth-order valence-electron chi connectivity index (χ4n) is 4.44. The second kappa shape index (κ2) is 6.15. The van der Waals surface area contributed by atoms with Crippen molar-refractivity contribution in [3.8, 4) is 11.3 Å². The number of aryl methyl sites for hydroxylation is 1. The van der Waals surface area contributed by atoms with E-state index >= 15 is 0 Å². The first-order valence-corrected chi connectivity index (χ1v) is 9.99. The summed E-state index contributed by atoms with van der Waals surface area (Å²) in [6.45, 7) is 2.12. The largest absolute Gasteiger partial charge is 0.246 e. The van der Waals surface area contributed by atoms with E-state index in [-0.39, 0.29) is 0 Å². The van der Waals surface area contributed by atoms with Gasteiger partial charge in [-0.25, -0.2) is 4.98 Å². The lowest BCUT2D eigenvalue weighted by molar-refractivity contribution is 1.41. The highest BCUT2D eigenvalue weighted by Crippen LogP contribution is 2.39. The third-order valence-electron chi connectivity index (χ3n) is 5.90. The van der Waals surface area contributed by atoms with Crippen LogP contribution in [-0.2, 0) is 0 Å². The van der Waals surface area contributed by atoms with Crippen molar-refractivity contribution in [3.63, 3.8) is 0 Å². The molecule has 136 valence electrons. The summed E-state index contributed by atoms with van der Waals surface area (Å²) >= 11 is 0. The summed E-state index contributed by atoms with van der Waals surface area (Å²) in [4.78, 5) is 5.24. The smallest absolute Gasteiger partial charge is 0.0794 e. The van der Waals surface area contributed by atoms with Crippen LogP contribution in [0.5, 0.6) is 0 Å². The summed E-state index contributed by atoms with van der Waals surface area (Å²) in [7, 11) is 0. The number of benzene rings is 5. The second-order valence-corrected chi connectivity index (χ2v) is 7.72. The third-order valence-corrected chi connectivity index (χ3v) is 5.90. The van der Waals surface area contributed by atoms with Gasteiger partial charge in [0.05, 0.1) is 11.2 Å². The molecule has 1 heteroatoms. The van der Waals surface area contributed by atoms with E-state index in [9.17, 15) is 0 Å². The molecule has 0 radical (unpaired) electrons. The minimum Gasteiger partial charge on any atom is -0.246 e. The fraction of sp³-hybridized carbons (Fsp3) is 0.0357. The van der Waals surface area contributed by atoms with Crippen molar-refractivity contribution in [2.45, 2.75) is 6.92 Å². The Kier molecular flexibility index (Phi) is 3.45. The first-order valence-electron chi connectivity index (χ1n) is 9.99. The van der Waals surface area contributed by atoms with Crippen LogP contribution in [0.1, 0.15) is 5.56 Å². The normalized spacial score (nSPS) is 11.6. The van der Waals surface area contributed by atoms with E-state index in [0.29, 0.717) is 0 Å². The molecule has 0 fully saturated rings. The van der Waals surface area contributed by atoms with Gasteiger partial charge in [0.25, 0.3) is 0 Å². The number of aromatic nitrogens is 1. The Morgan fingerprint density at radius 3 is 1.90 bits per heavy atom. The molecule has 0 aliphatic carbocycles. The van der Waals surface area contributed by atoms with E-state index < -0.39 is 0 Å². The van der Waals surface area contributed by atoms with E-state index in [1.54, 1.807) is 0 Å². The zero-order valence-corrected chi connectivity index (χ0v) is 16.2. The van der Waals surface area contributed by atoms with Gasteiger partial charge in [0, 0.05) is 27.1 Å². The van der Waals surface area contributed by atoms with Gasteiger partial charge in [0.15, 0.2) is 0 Å². The molecule has 0 aliphatic heterocycles. The molecule has 0 unspecified atom stereocenters. The summed E-state index contributed by atoms with van der Waals surface area (Å²) in [5, 5.41) is 8.67. The first-order chi connectivity index (χ1) is 14.3. The lowest BCUT2D eigenvalue weighted by Gasteiger charge is -2.14. The van der Waals surface area contributed by atoms with Crippen molar-refractivity contribution in [3.05, 3.63) is 103 Å². The van der Waals surface area contributed by atoms with Crippen molar-refractivity contribution >= 4 is 43.2 Å². The van der Waals surface area contributed by atoms with Gasteiger partial charge in [-0.05, 0) is 23.1 Å². The lowest BCUT2D eigenvalue weighted by atomic mass is 9.93. The summed E-state index contributed by atoms with van der Waals surface area (Å²) < 4.78 is 0. The van der Waals surface area contributed by atoms with E-state index in [2.05, 4.69) is 104 Å². The van der Waals surface area contributed by atoms with Crippen LogP contribution in [0.3, 0.4) is 0 Å². The van der Waals surface area contributed by atoms with Crippen LogP contribution in [0.25, 0.3) is 54.5 Å². The molecule has 1 heterocycles. The van der Waals surface area contributed by atoms with Crippen LogP contribution in [0.2, 0.25) is 0 Å². The van der Waals surface area contributed by atoms with E-state index in [0.717, 1.165) is 16.8 Å². The molecular formula is C28H19N. The summed E-state index contributed by atoms with van der Waals surface area (Å²) in [5.74, 6) is 0. The van der Waals surface area contributed by atoms with Crippen LogP contribution >= 0.6 is 0 Å². The average molecular weight is 369 g/mol. The van der Waals surface area contributed by atoms with Crippen molar-refractivity contribution in [2.75, 3.05) is 0 Å². The monoisotopic (exact) mass is 369 g/mol. The highest BCUT2D eigenvalue weighted by atomic mass is 14.7. The fourth-order valence-corrected chi connectivity index (χ4v) is 4.44. The maximum atomic E-state index is 5.24. The van der Waals surface area contributed by atoms with Crippen LogP contribution in [-0.4, -0.2) is 4.98 Å². The molecule has 0 spiro atoms. The maximum Gasteiger partial charge on any atom is 0.0794 e. The number of rotatable bonds is 1. The molecule has 6 aromatic rings. The second-order valence-electron chi connectivity index (χ2n) is 7.72. The number of nitrogens with zero attached hydrogens (tertiary/aromatic N) is 1. The number of hydrogen-bond acceptors (Lipinski definition) is 1. The standard InChI is InChI=1S/C28H19N/c1-18-10-12-21(13-11-18)27-24-16-14-19-6-2-4-8-22(19)26(24)25-17-15-20-7-3-5-9-23(20)28(25)29-27/h2-17H,1H3. The van der Waals surface area contributed by atoms with Gasteiger partial charge >= 0.3 is 0 Å². The van der Waals surface area contributed by atoms with E-state index in [4.69, 9.17) is 4.98 Å². The Morgan fingerprint density at radius 1 is 0.517 bits per heavy atom. The maximum absolute atomic E-state index is 5.24. The molecule has 0 N–H and O–H groups in total. The van der Waals surface area contributed by atoms with Gasteiger partial charge in [0.2, 0.25) is 0 Å². The van der Waals surface area contributed by atoms with Crippen LogP contribution in [0, 0.1) is 6.92 Å². The van der Waals surface area contributed by atoms with E-state index in [1.165, 1.54) is 43.3 Å². The Labute approximate surface area is 169 Å². The minimum absolute atomic E-state index is 1.05. The predicted octanol–water partition coefficient (Wildman–Crippen LogP) is 7.67. The molecule has 0 aliphatic rings. The van der Waals surface area contributed by atoms with Crippen molar-refractivity contribution in [1.29, 1.82) is 0 Å². The van der Waals surface area contributed by atoms with Crippen LogP contribution < -0.4 is 0 Å². The molecule has 5 aromatic carbocycles. The third kappa shape index (κ3) is 2.44. The van der Waals surface area contributed by atoms with Crippen molar-refractivity contribution in [1.82, 2.24) is 4.98 Å². The highest BCUT2D eigenvalue weighted by Gasteiger charge is 2.14. The zero-order valence-electron chi connectivity index (χ0n) is 16.2. The molecule has 0 atom stereocenters. The predicted molar refractivity (Wildman–Crippen MR) is 124 cm³/mol. The lowest BCUT2D eigenvalue weighted by Crippen LogP contribution is -1.92. The molecular weight excluding hydrogens is 350 g/mol. The first kappa shape index (κ1) is 16.3. The quantitative estimate of drug-likeness (QED) is 0.271. The molecule has 0 saturated heterocycles. The Bertz CT molecular complexity index is 1540. The molecule has 29 heavy (non-hydrogen) atoms.